The molecule has 1 amide bonds. The van der Waals surface area contributed by atoms with Crippen LogP contribution in [-0.2, 0) is 4.79 Å². The van der Waals surface area contributed by atoms with Gasteiger partial charge in [0.15, 0.2) is 0 Å². The number of carbonyl (C=O) groups excluding carboxylic acids is 1. The predicted molar refractivity (Wildman–Crippen MR) is 60.6 cm³/mol. The summed E-state index contributed by atoms with van der Waals surface area (Å²) in [6.45, 7) is 6.23. The van der Waals surface area contributed by atoms with E-state index in [0.717, 1.165) is 31.8 Å². The van der Waals surface area contributed by atoms with E-state index in [0.29, 0.717) is 11.9 Å². The SMILES string of the molecule is CC(C)N(CC1CC1)C(=O)[C@@H]1CCCN1. The van der Waals surface area contributed by atoms with E-state index in [-0.39, 0.29) is 6.04 Å². The molecule has 2 aliphatic rings. The molecular formula is C12H22N2O. The lowest BCUT2D eigenvalue weighted by atomic mass is 10.1. The Morgan fingerprint density at radius 2 is 2.13 bits per heavy atom. The van der Waals surface area contributed by atoms with Crippen LogP contribution in [0, 0.1) is 5.92 Å². The zero-order valence-corrected chi connectivity index (χ0v) is 9.83. The van der Waals surface area contributed by atoms with Crippen LogP contribution in [-0.4, -0.2) is 36.0 Å². The third-order valence-electron chi connectivity index (χ3n) is 3.42. The normalized spacial score (nSPS) is 25.9. The zero-order valence-electron chi connectivity index (χ0n) is 9.83. The van der Waals surface area contributed by atoms with Crippen molar-refractivity contribution in [3.63, 3.8) is 0 Å². The molecule has 1 saturated carbocycles. The number of carbonyl (C=O) groups is 1. The molecular weight excluding hydrogens is 188 g/mol. The summed E-state index contributed by atoms with van der Waals surface area (Å²) in [7, 11) is 0. The van der Waals surface area contributed by atoms with Crippen molar-refractivity contribution in [1.82, 2.24) is 10.2 Å². The maximum absolute atomic E-state index is 12.2. The maximum atomic E-state index is 12.2. The molecule has 1 atom stereocenters. The summed E-state index contributed by atoms with van der Waals surface area (Å²) in [5.41, 5.74) is 0. The Hall–Kier alpha value is -0.570. The van der Waals surface area contributed by atoms with Crippen LogP contribution < -0.4 is 5.32 Å². The lowest BCUT2D eigenvalue weighted by Gasteiger charge is -2.29. The second-order valence-corrected chi connectivity index (χ2v) is 5.18. The third kappa shape index (κ3) is 2.71. The summed E-state index contributed by atoms with van der Waals surface area (Å²) in [4.78, 5) is 14.3. The molecule has 0 unspecified atom stereocenters. The van der Waals surface area contributed by atoms with Crippen LogP contribution in [0.15, 0.2) is 0 Å². The second-order valence-electron chi connectivity index (χ2n) is 5.18. The lowest BCUT2D eigenvalue weighted by molar-refractivity contribution is -0.135. The first kappa shape index (κ1) is 10.9. The molecule has 0 aromatic carbocycles. The van der Waals surface area contributed by atoms with Gasteiger partial charge >= 0.3 is 0 Å². The maximum Gasteiger partial charge on any atom is 0.239 e. The minimum absolute atomic E-state index is 0.103. The Labute approximate surface area is 92.2 Å². The number of nitrogens with one attached hydrogen (secondary N) is 1. The topological polar surface area (TPSA) is 32.3 Å². The lowest BCUT2D eigenvalue weighted by Crippen LogP contribution is -2.47. The van der Waals surface area contributed by atoms with Crippen molar-refractivity contribution >= 4 is 5.91 Å². The highest BCUT2D eigenvalue weighted by atomic mass is 16.2. The second kappa shape index (κ2) is 4.52. The minimum atomic E-state index is 0.103. The van der Waals surface area contributed by atoms with Gasteiger partial charge < -0.3 is 10.2 Å². The first-order chi connectivity index (χ1) is 7.18. The highest BCUT2D eigenvalue weighted by molar-refractivity contribution is 5.82. The molecule has 0 bridgehead atoms. The largest absolute Gasteiger partial charge is 0.339 e. The molecule has 15 heavy (non-hydrogen) atoms. The van der Waals surface area contributed by atoms with Gasteiger partial charge in [0.2, 0.25) is 5.91 Å². The van der Waals surface area contributed by atoms with Crippen LogP contribution in [0.4, 0.5) is 0 Å². The summed E-state index contributed by atoms with van der Waals surface area (Å²) in [5.74, 6) is 1.12. The molecule has 0 aromatic rings. The molecule has 2 rings (SSSR count). The van der Waals surface area contributed by atoms with Crippen LogP contribution in [0.1, 0.15) is 39.5 Å². The van der Waals surface area contributed by atoms with Gasteiger partial charge in [0.25, 0.3) is 0 Å². The molecule has 0 radical (unpaired) electrons. The van der Waals surface area contributed by atoms with Gasteiger partial charge in [-0.1, -0.05) is 0 Å². The van der Waals surface area contributed by atoms with Crippen molar-refractivity contribution in [2.75, 3.05) is 13.1 Å². The van der Waals surface area contributed by atoms with E-state index >= 15 is 0 Å². The van der Waals surface area contributed by atoms with Crippen LogP contribution in [0.25, 0.3) is 0 Å². The van der Waals surface area contributed by atoms with Crippen molar-refractivity contribution in [1.29, 1.82) is 0 Å². The summed E-state index contributed by atoms with van der Waals surface area (Å²) in [6, 6.07) is 0.451. The van der Waals surface area contributed by atoms with Crippen molar-refractivity contribution in [2.45, 2.75) is 51.6 Å². The molecule has 1 heterocycles. The fraction of sp³-hybridized carbons (Fsp3) is 0.917. The van der Waals surface area contributed by atoms with Gasteiger partial charge in [0, 0.05) is 12.6 Å². The molecule has 0 spiro atoms. The molecule has 2 fully saturated rings. The van der Waals surface area contributed by atoms with Crippen LogP contribution in [0.5, 0.6) is 0 Å². The van der Waals surface area contributed by atoms with Crippen molar-refractivity contribution in [3.05, 3.63) is 0 Å². The number of hydrogen-bond acceptors (Lipinski definition) is 2. The van der Waals surface area contributed by atoms with E-state index in [1.54, 1.807) is 0 Å². The molecule has 1 saturated heterocycles. The molecule has 3 nitrogen and oxygen atoms in total. The molecule has 1 aliphatic heterocycles. The molecule has 86 valence electrons. The van der Waals surface area contributed by atoms with Gasteiger partial charge in [-0.15, -0.1) is 0 Å². The van der Waals surface area contributed by atoms with Gasteiger partial charge in [-0.3, -0.25) is 4.79 Å². The van der Waals surface area contributed by atoms with Gasteiger partial charge in [-0.25, -0.2) is 0 Å². The Morgan fingerprint density at radius 1 is 1.40 bits per heavy atom. The zero-order chi connectivity index (χ0) is 10.8. The number of rotatable bonds is 4. The Balaban J connectivity index is 1.92. The number of nitrogens with zero attached hydrogens (tertiary/aromatic N) is 1. The minimum Gasteiger partial charge on any atom is -0.339 e. The third-order valence-corrected chi connectivity index (χ3v) is 3.42. The highest BCUT2D eigenvalue weighted by Crippen LogP contribution is 2.30. The molecule has 1 N–H and O–H groups in total. The van der Waals surface area contributed by atoms with Gasteiger partial charge in [0.05, 0.1) is 6.04 Å². The van der Waals surface area contributed by atoms with E-state index in [2.05, 4.69) is 24.1 Å². The fourth-order valence-corrected chi connectivity index (χ4v) is 2.23. The first-order valence-electron chi connectivity index (χ1n) is 6.22. The Morgan fingerprint density at radius 3 is 2.60 bits per heavy atom. The van der Waals surface area contributed by atoms with Gasteiger partial charge in [-0.05, 0) is 52.0 Å². The van der Waals surface area contributed by atoms with Crippen LogP contribution in [0.2, 0.25) is 0 Å². The molecule has 3 heteroatoms. The summed E-state index contributed by atoms with van der Waals surface area (Å²) >= 11 is 0. The van der Waals surface area contributed by atoms with Crippen molar-refractivity contribution in [3.8, 4) is 0 Å². The van der Waals surface area contributed by atoms with E-state index in [1.807, 2.05) is 0 Å². The van der Waals surface area contributed by atoms with Crippen molar-refractivity contribution in [2.24, 2.45) is 5.92 Å². The summed E-state index contributed by atoms with van der Waals surface area (Å²) < 4.78 is 0. The average Bonchev–Trinajstić information content (AvgIpc) is 2.84. The highest BCUT2D eigenvalue weighted by Gasteiger charge is 2.32. The quantitative estimate of drug-likeness (QED) is 0.760. The van der Waals surface area contributed by atoms with Crippen LogP contribution >= 0.6 is 0 Å². The van der Waals surface area contributed by atoms with E-state index in [9.17, 15) is 4.79 Å². The number of hydrogen-bond donors (Lipinski definition) is 1. The van der Waals surface area contributed by atoms with Crippen molar-refractivity contribution < 1.29 is 4.79 Å². The molecule has 1 aliphatic carbocycles. The monoisotopic (exact) mass is 210 g/mol. The summed E-state index contributed by atoms with van der Waals surface area (Å²) in [6.07, 6.45) is 4.79. The smallest absolute Gasteiger partial charge is 0.239 e. The molecule has 0 aromatic heterocycles. The Bertz CT molecular complexity index is 230. The predicted octanol–water partition coefficient (Wildman–Crippen LogP) is 1.39. The van der Waals surface area contributed by atoms with E-state index in [1.165, 1.54) is 12.8 Å². The fourth-order valence-electron chi connectivity index (χ4n) is 2.23. The van der Waals surface area contributed by atoms with Gasteiger partial charge in [-0.2, -0.15) is 0 Å². The first-order valence-corrected chi connectivity index (χ1v) is 6.22. The standard InChI is InChI=1S/C12H22N2O/c1-9(2)14(8-10-5-6-10)12(15)11-4-3-7-13-11/h9-11,13H,3-8H2,1-2H3/t11-/m0/s1. The number of amides is 1. The van der Waals surface area contributed by atoms with E-state index in [4.69, 9.17) is 0 Å². The average molecular weight is 210 g/mol. The summed E-state index contributed by atoms with van der Waals surface area (Å²) in [5, 5.41) is 3.29. The van der Waals surface area contributed by atoms with Gasteiger partial charge in [0.1, 0.15) is 0 Å². The van der Waals surface area contributed by atoms with Crippen LogP contribution in [0.3, 0.4) is 0 Å². The Kier molecular flexibility index (Phi) is 3.29. The van der Waals surface area contributed by atoms with E-state index < -0.39 is 0 Å².